The lowest BCUT2D eigenvalue weighted by atomic mass is 10.1. The van der Waals surface area contributed by atoms with E-state index in [9.17, 15) is 4.79 Å². The Balaban J connectivity index is 1.76. The first-order chi connectivity index (χ1) is 13.7. The highest BCUT2D eigenvalue weighted by Crippen LogP contribution is 2.25. The average Bonchev–Trinajstić information content (AvgIpc) is 3.19. The van der Waals surface area contributed by atoms with Gasteiger partial charge in [-0.25, -0.2) is 9.67 Å². The Morgan fingerprint density at radius 3 is 2.71 bits per heavy atom. The molecule has 28 heavy (non-hydrogen) atoms. The number of carbonyl (C=O) groups is 1. The second-order valence-electron chi connectivity index (χ2n) is 6.86. The normalized spacial score (nSPS) is 16.6. The molecular weight excluding hydrogens is 352 g/mol. The van der Waals surface area contributed by atoms with Gasteiger partial charge >= 0.3 is 0 Å². The van der Waals surface area contributed by atoms with Crippen molar-refractivity contribution in [2.45, 2.75) is 18.9 Å². The number of aromatic nitrogens is 3. The van der Waals surface area contributed by atoms with Crippen LogP contribution in [0.3, 0.4) is 0 Å². The number of nitriles is 1. The molecule has 0 spiro atoms. The number of likely N-dealkylation sites (tertiary alicyclic amines) is 1. The maximum atomic E-state index is 13.0. The van der Waals surface area contributed by atoms with Crippen LogP contribution in [0.1, 0.15) is 28.9 Å². The number of nitrogens with two attached hydrogens (primary N) is 1. The third-order valence-electron chi connectivity index (χ3n) is 4.85. The van der Waals surface area contributed by atoms with Crippen LogP contribution in [0.5, 0.6) is 0 Å². The van der Waals surface area contributed by atoms with E-state index in [-0.39, 0.29) is 11.9 Å². The van der Waals surface area contributed by atoms with Gasteiger partial charge in [-0.1, -0.05) is 18.2 Å². The Hall–Kier alpha value is -3.50. The van der Waals surface area contributed by atoms with Crippen molar-refractivity contribution < 1.29 is 4.79 Å². The third kappa shape index (κ3) is 3.50. The van der Waals surface area contributed by atoms with Gasteiger partial charge in [-0.2, -0.15) is 10.4 Å². The van der Waals surface area contributed by atoms with Crippen LogP contribution >= 0.6 is 0 Å². The van der Waals surface area contributed by atoms with E-state index < -0.39 is 0 Å². The molecular formula is C21H20N6O. The lowest BCUT2D eigenvalue weighted by molar-refractivity contribution is 0.0702. The summed E-state index contributed by atoms with van der Waals surface area (Å²) in [5, 5.41) is 13.6. The maximum Gasteiger partial charge on any atom is 0.274 e. The first kappa shape index (κ1) is 17.9. The number of benzene rings is 1. The van der Waals surface area contributed by atoms with Gasteiger partial charge in [0.25, 0.3) is 5.91 Å². The van der Waals surface area contributed by atoms with Gasteiger partial charge in [-0.15, -0.1) is 0 Å². The van der Waals surface area contributed by atoms with Gasteiger partial charge in [-0.05, 0) is 43.2 Å². The minimum Gasteiger partial charge on any atom is -0.336 e. The largest absolute Gasteiger partial charge is 0.336 e. The maximum absolute atomic E-state index is 13.0. The summed E-state index contributed by atoms with van der Waals surface area (Å²) in [6.07, 6.45) is 3.52. The van der Waals surface area contributed by atoms with E-state index in [0.29, 0.717) is 30.2 Å². The van der Waals surface area contributed by atoms with Crippen LogP contribution in [-0.2, 0) is 0 Å². The smallest absolute Gasteiger partial charge is 0.274 e. The highest BCUT2D eigenvalue weighted by atomic mass is 16.2. The summed E-state index contributed by atoms with van der Waals surface area (Å²) in [6, 6.07) is 16.6. The van der Waals surface area contributed by atoms with Gasteiger partial charge in [-0.3, -0.25) is 4.79 Å². The van der Waals surface area contributed by atoms with Crippen molar-refractivity contribution in [3.8, 4) is 23.1 Å². The van der Waals surface area contributed by atoms with E-state index in [1.165, 1.54) is 0 Å². The number of nitrogens with zero attached hydrogens (tertiary/aromatic N) is 5. The number of pyridine rings is 1. The molecule has 0 radical (unpaired) electrons. The zero-order valence-corrected chi connectivity index (χ0v) is 15.3. The highest BCUT2D eigenvalue weighted by molar-refractivity contribution is 5.93. The lowest BCUT2D eigenvalue weighted by Gasteiger charge is -2.30. The molecule has 3 aromatic rings. The minimum absolute atomic E-state index is 0.00794. The predicted octanol–water partition coefficient (Wildman–Crippen LogP) is 2.37. The molecule has 1 aliphatic heterocycles. The average molecular weight is 372 g/mol. The van der Waals surface area contributed by atoms with E-state index in [1.807, 2.05) is 30.3 Å². The molecule has 1 unspecified atom stereocenters. The predicted molar refractivity (Wildman–Crippen MR) is 105 cm³/mol. The van der Waals surface area contributed by atoms with Crippen LogP contribution in [-0.4, -0.2) is 44.7 Å². The SMILES string of the molecule is N#Cc1ccc(-c2cc(C(=O)N3CCCC(N)C3)nn2-c2ccccn2)cc1. The number of amides is 1. The number of rotatable bonds is 3. The monoisotopic (exact) mass is 372 g/mol. The van der Waals surface area contributed by atoms with Crippen LogP contribution in [0.15, 0.2) is 54.7 Å². The molecule has 0 saturated carbocycles. The van der Waals surface area contributed by atoms with E-state index in [1.54, 1.807) is 34.0 Å². The van der Waals surface area contributed by atoms with E-state index in [4.69, 9.17) is 11.0 Å². The van der Waals surface area contributed by atoms with Crippen molar-refractivity contribution >= 4 is 5.91 Å². The van der Waals surface area contributed by atoms with Crippen molar-refractivity contribution in [3.63, 3.8) is 0 Å². The Morgan fingerprint density at radius 1 is 1.21 bits per heavy atom. The minimum atomic E-state index is -0.125. The standard InChI is InChI=1S/C21H20N6O/c22-13-15-6-8-16(9-7-15)19-12-18(21(28)26-11-3-4-17(23)14-26)25-27(19)20-5-1-2-10-24-20/h1-2,5-10,12,17H,3-4,11,14,23H2. The fourth-order valence-corrected chi connectivity index (χ4v) is 3.42. The number of piperidine rings is 1. The number of carbonyl (C=O) groups excluding carboxylic acids is 1. The summed E-state index contributed by atoms with van der Waals surface area (Å²) in [5.41, 5.74) is 8.56. The van der Waals surface area contributed by atoms with Gasteiger partial charge in [0, 0.05) is 30.9 Å². The molecule has 2 aromatic heterocycles. The lowest BCUT2D eigenvalue weighted by Crippen LogP contribution is -2.45. The zero-order chi connectivity index (χ0) is 19.5. The summed E-state index contributed by atoms with van der Waals surface area (Å²) < 4.78 is 1.67. The summed E-state index contributed by atoms with van der Waals surface area (Å²) >= 11 is 0. The molecule has 1 aromatic carbocycles. The van der Waals surface area contributed by atoms with Gasteiger partial charge in [0.15, 0.2) is 11.5 Å². The van der Waals surface area contributed by atoms with Crippen LogP contribution < -0.4 is 5.73 Å². The Labute approximate surface area is 163 Å². The quantitative estimate of drug-likeness (QED) is 0.761. The summed E-state index contributed by atoms with van der Waals surface area (Å²) in [5.74, 6) is 0.496. The molecule has 1 fully saturated rings. The Bertz CT molecular complexity index is 1020. The second-order valence-corrected chi connectivity index (χ2v) is 6.86. The summed E-state index contributed by atoms with van der Waals surface area (Å²) in [7, 11) is 0. The van der Waals surface area contributed by atoms with Gasteiger partial charge in [0.2, 0.25) is 0 Å². The molecule has 0 bridgehead atoms. The number of hydrogen-bond donors (Lipinski definition) is 1. The van der Waals surface area contributed by atoms with Crippen LogP contribution in [0.25, 0.3) is 17.1 Å². The molecule has 7 nitrogen and oxygen atoms in total. The molecule has 3 heterocycles. The summed E-state index contributed by atoms with van der Waals surface area (Å²) in [4.78, 5) is 19.1. The summed E-state index contributed by atoms with van der Waals surface area (Å²) in [6.45, 7) is 1.23. The Morgan fingerprint density at radius 2 is 2.04 bits per heavy atom. The third-order valence-corrected chi connectivity index (χ3v) is 4.85. The van der Waals surface area contributed by atoms with Crippen molar-refractivity contribution in [2.75, 3.05) is 13.1 Å². The van der Waals surface area contributed by atoms with E-state index >= 15 is 0 Å². The van der Waals surface area contributed by atoms with Gasteiger partial charge in [0.1, 0.15) is 0 Å². The first-order valence-corrected chi connectivity index (χ1v) is 9.22. The highest BCUT2D eigenvalue weighted by Gasteiger charge is 2.25. The zero-order valence-electron chi connectivity index (χ0n) is 15.3. The fraction of sp³-hybridized carbons (Fsp3) is 0.238. The fourth-order valence-electron chi connectivity index (χ4n) is 3.42. The molecule has 0 aliphatic carbocycles. The molecule has 7 heteroatoms. The topological polar surface area (TPSA) is 101 Å². The molecule has 1 atom stereocenters. The second kappa shape index (κ2) is 7.62. The van der Waals surface area contributed by atoms with Crippen LogP contribution in [0.4, 0.5) is 0 Å². The van der Waals surface area contributed by atoms with Gasteiger partial charge < -0.3 is 10.6 Å². The van der Waals surface area contributed by atoms with E-state index in [0.717, 1.165) is 24.1 Å². The van der Waals surface area contributed by atoms with Crippen molar-refractivity contribution in [1.82, 2.24) is 19.7 Å². The molecule has 2 N–H and O–H groups in total. The van der Waals surface area contributed by atoms with Crippen LogP contribution in [0.2, 0.25) is 0 Å². The Kier molecular flexibility index (Phi) is 4.87. The van der Waals surface area contributed by atoms with Crippen molar-refractivity contribution in [3.05, 3.63) is 66.0 Å². The number of hydrogen-bond acceptors (Lipinski definition) is 5. The van der Waals surface area contributed by atoms with E-state index in [2.05, 4.69) is 16.2 Å². The molecule has 1 saturated heterocycles. The van der Waals surface area contributed by atoms with Crippen molar-refractivity contribution in [1.29, 1.82) is 5.26 Å². The molecule has 1 aliphatic rings. The molecule has 4 rings (SSSR count). The van der Waals surface area contributed by atoms with Gasteiger partial charge in [0.05, 0.1) is 17.3 Å². The first-order valence-electron chi connectivity index (χ1n) is 9.22. The van der Waals surface area contributed by atoms with Crippen molar-refractivity contribution in [2.24, 2.45) is 5.73 Å². The molecule has 140 valence electrons. The van der Waals surface area contributed by atoms with Crippen LogP contribution in [0, 0.1) is 11.3 Å². The molecule has 1 amide bonds.